The van der Waals surface area contributed by atoms with E-state index in [-0.39, 0.29) is 11.7 Å². The Kier molecular flexibility index (Phi) is 5.95. The summed E-state index contributed by atoms with van der Waals surface area (Å²) < 4.78 is 10.9. The van der Waals surface area contributed by atoms with Crippen LogP contribution in [0.2, 0.25) is 0 Å². The van der Waals surface area contributed by atoms with Gasteiger partial charge in [-0.1, -0.05) is 30.3 Å². The number of nitrogens with one attached hydrogen (secondary N) is 1. The van der Waals surface area contributed by atoms with Crippen molar-refractivity contribution in [2.45, 2.75) is 26.5 Å². The number of carbonyl (C=O) groups excluding carboxylic acids is 2. The SMILES string of the molecule is COc1ccccc1CNC(=O)C(C)Oc1cccc(C(C)=O)c1. The highest BCUT2D eigenvalue weighted by atomic mass is 16.5. The normalized spacial score (nSPS) is 11.5. The maximum absolute atomic E-state index is 12.2. The van der Waals surface area contributed by atoms with Crippen LogP contribution in [0, 0.1) is 0 Å². The van der Waals surface area contributed by atoms with Crippen LogP contribution in [0.3, 0.4) is 0 Å². The molecule has 1 N–H and O–H groups in total. The Labute approximate surface area is 141 Å². The molecule has 5 heteroatoms. The van der Waals surface area contributed by atoms with Crippen molar-refractivity contribution >= 4 is 11.7 Å². The van der Waals surface area contributed by atoms with E-state index in [9.17, 15) is 9.59 Å². The Morgan fingerprint density at radius 3 is 2.58 bits per heavy atom. The Bertz CT molecular complexity index is 727. The molecule has 2 rings (SSSR count). The Balaban J connectivity index is 1.95. The summed E-state index contributed by atoms with van der Waals surface area (Å²) in [5.41, 5.74) is 1.44. The number of amides is 1. The lowest BCUT2D eigenvalue weighted by molar-refractivity contribution is -0.127. The van der Waals surface area contributed by atoms with E-state index in [4.69, 9.17) is 9.47 Å². The number of methoxy groups -OCH3 is 1. The fourth-order valence-corrected chi connectivity index (χ4v) is 2.22. The van der Waals surface area contributed by atoms with E-state index in [1.807, 2.05) is 24.3 Å². The van der Waals surface area contributed by atoms with Gasteiger partial charge in [-0.05, 0) is 32.0 Å². The highest BCUT2D eigenvalue weighted by Crippen LogP contribution is 2.18. The number of ether oxygens (including phenoxy) is 2. The van der Waals surface area contributed by atoms with Gasteiger partial charge in [0, 0.05) is 17.7 Å². The summed E-state index contributed by atoms with van der Waals surface area (Å²) in [7, 11) is 1.59. The highest BCUT2D eigenvalue weighted by molar-refractivity contribution is 5.94. The van der Waals surface area contributed by atoms with Crippen LogP contribution in [0.15, 0.2) is 48.5 Å². The summed E-state index contributed by atoms with van der Waals surface area (Å²) in [6.45, 7) is 3.50. The average Bonchev–Trinajstić information content (AvgIpc) is 2.60. The van der Waals surface area contributed by atoms with Crippen molar-refractivity contribution in [3.05, 3.63) is 59.7 Å². The molecule has 0 saturated heterocycles. The minimum atomic E-state index is -0.679. The molecule has 0 spiro atoms. The number of para-hydroxylation sites is 1. The second-order valence-corrected chi connectivity index (χ2v) is 5.37. The van der Waals surface area contributed by atoms with Crippen molar-refractivity contribution in [2.75, 3.05) is 7.11 Å². The Morgan fingerprint density at radius 2 is 1.88 bits per heavy atom. The zero-order chi connectivity index (χ0) is 17.5. The molecule has 5 nitrogen and oxygen atoms in total. The second-order valence-electron chi connectivity index (χ2n) is 5.37. The van der Waals surface area contributed by atoms with Gasteiger partial charge in [0.15, 0.2) is 11.9 Å². The summed E-state index contributed by atoms with van der Waals surface area (Å²) in [5, 5.41) is 2.82. The Hall–Kier alpha value is -2.82. The van der Waals surface area contributed by atoms with Gasteiger partial charge in [0.25, 0.3) is 5.91 Å². The number of benzene rings is 2. The Morgan fingerprint density at radius 1 is 1.12 bits per heavy atom. The van der Waals surface area contributed by atoms with Crippen LogP contribution in [-0.2, 0) is 11.3 Å². The van der Waals surface area contributed by atoms with E-state index in [0.29, 0.717) is 17.9 Å². The molecule has 0 aromatic heterocycles. The summed E-state index contributed by atoms with van der Waals surface area (Å²) in [6.07, 6.45) is -0.679. The molecule has 126 valence electrons. The highest BCUT2D eigenvalue weighted by Gasteiger charge is 2.15. The zero-order valence-corrected chi connectivity index (χ0v) is 14.0. The molecule has 0 fully saturated rings. The zero-order valence-electron chi connectivity index (χ0n) is 14.0. The predicted octanol–water partition coefficient (Wildman–Crippen LogP) is 2.98. The quantitative estimate of drug-likeness (QED) is 0.794. The van der Waals surface area contributed by atoms with Gasteiger partial charge in [0.1, 0.15) is 11.5 Å². The smallest absolute Gasteiger partial charge is 0.261 e. The molecule has 0 aliphatic heterocycles. The molecule has 0 aliphatic carbocycles. The maximum atomic E-state index is 12.2. The van der Waals surface area contributed by atoms with E-state index in [0.717, 1.165) is 11.3 Å². The molecule has 1 unspecified atom stereocenters. The van der Waals surface area contributed by atoms with Gasteiger partial charge in [-0.25, -0.2) is 0 Å². The molecule has 2 aromatic carbocycles. The third-order valence-electron chi connectivity index (χ3n) is 3.57. The van der Waals surface area contributed by atoms with E-state index >= 15 is 0 Å². The predicted molar refractivity (Wildman–Crippen MR) is 91.4 cm³/mol. The number of carbonyl (C=O) groups is 2. The standard InChI is InChI=1S/C19H21NO4/c1-13(21)15-8-6-9-17(11-15)24-14(2)19(22)20-12-16-7-4-5-10-18(16)23-3/h4-11,14H,12H2,1-3H3,(H,20,22). The summed E-state index contributed by atoms with van der Waals surface area (Å²) in [4.78, 5) is 23.6. The molecule has 0 saturated carbocycles. The number of Topliss-reactive ketones (excluding diaryl/α,β-unsaturated/α-hetero) is 1. The van der Waals surface area contributed by atoms with Gasteiger partial charge >= 0.3 is 0 Å². The lowest BCUT2D eigenvalue weighted by Gasteiger charge is -2.16. The first-order chi connectivity index (χ1) is 11.5. The fourth-order valence-electron chi connectivity index (χ4n) is 2.22. The molecule has 0 bridgehead atoms. The maximum Gasteiger partial charge on any atom is 0.261 e. The van der Waals surface area contributed by atoms with Crippen molar-refractivity contribution in [3.8, 4) is 11.5 Å². The molecule has 1 amide bonds. The molecular weight excluding hydrogens is 306 g/mol. The van der Waals surface area contributed by atoms with Crippen LogP contribution in [0.25, 0.3) is 0 Å². The van der Waals surface area contributed by atoms with Crippen molar-refractivity contribution in [1.29, 1.82) is 0 Å². The van der Waals surface area contributed by atoms with Crippen LogP contribution in [0.5, 0.6) is 11.5 Å². The van der Waals surface area contributed by atoms with Crippen LogP contribution in [0.1, 0.15) is 29.8 Å². The van der Waals surface area contributed by atoms with E-state index in [2.05, 4.69) is 5.32 Å². The van der Waals surface area contributed by atoms with E-state index < -0.39 is 6.10 Å². The number of hydrogen-bond acceptors (Lipinski definition) is 4. The van der Waals surface area contributed by atoms with Crippen molar-refractivity contribution in [2.24, 2.45) is 0 Å². The van der Waals surface area contributed by atoms with Gasteiger partial charge < -0.3 is 14.8 Å². The topological polar surface area (TPSA) is 64.6 Å². The molecule has 0 radical (unpaired) electrons. The second kappa shape index (κ2) is 8.15. The third kappa shape index (κ3) is 4.59. The summed E-state index contributed by atoms with van der Waals surface area (Å²) in [6, 6.07) is 14.3. The van der Waals surface area contributed by atoms with Gasteiger partial charge in [0.2, 0.25) is 0 Å². The van der Waals surface area contributed by atoms with Crippen molar-refractivity contribution in [1.82, 2.24) is 5.32 Å². The number of ketones is 1. The van der Waals surface area contributed by atoms with Crippen LogP contribution in [0.4, 0.5) is 0 Å². The molecule has 0 heterocycles. The number of hydrogen-bond donors (Lipinski definition) is 1. The first-order valence-corrected chi connectivity index (χ1v) is 7.68. The largest absolute Gasteiger partial charge is 0.496 e. The van der Waals surface area contributed by atoms with E-state index in [1.54, 1.807) is 38.3 Å². The van der Waals surface area contributed by atoms with Gasteiger partial charge in [-0.3, -0.25) is 9.59 Å². The van der Waals surface area contributed by atoms with Gasteiger partial charge in [0.05, 0.1) is 7.11 Å². The minimum Gasteiger partial charge on any atom is -0.496 e. The fraction of sp³-hybridized carbons (Fsp3) is 0.263. The van der Waals surface area contributed by atoms with Crippen molar-refractivity contribution < 1.29 is 19.1 Å². The molecule has 24 heavy (non-hydrogen) atoms. The van der Waals surface area contributed by atoms with E-state index in [1.165, 1.54) is 6.92 Å². The molecular formula is C19H21NO4. The van der Waals surface area contributed by atoms with Crippen LogP contribution < -0.4 is 14.8 Å². The third-order valence-corrected chi connectivity index (χ3v) is 3.57. The monoisotopic (exact) mass is 327 g/mol. The molecule has 0 aliphatic rings. The lowest BCUT2D eigenvalue weighted by atomic mass is 10.1. The molecule has 1 atom stereocenters. The first kappa shape index (κ1) is 17.5. The first-order valence-electron chi connectivity index (χ1n) is 7.68. The van der Waals surface area contributed by atoms with Gasteiger partial charge in [-0.15, -0.1) is 0 Å². The van der Waals surface area contributed by atoms with Crippen LogP contribution >= 0.6 is 0 Å². The number of rotatable bonds is 7. The van der Waals surface area contributed by atoms with Gasteiger partial charge in [-0.2, -0.15) is 0 Å². The summed E-state index contributed by atoms with van der Waals surface area (Å²) >= 11 is 0. The van der Waals surface area contributed by atoms with Crippen LogP contribution in [-0.4, -0.2) is 24.9 Å². The van der Waals surface area contributed by atoms with Crippen molar-refractivity contribution in [3.63, 3.8) is 0 Å². The minimum absolute atomic E-state index is 0.0475. The molecule has 2 aromatic rings. The summed E-state index contributed by atoms with van der Waals surface area (Å²) in [5.74, 6) is 0.922. The lowest BCUT2D eigenvalue weighted by Crippen LogP contribution is -2.36. The average molecular weight is 327 g/mol.